The van der Waals surface area contributed by atoms with Gasteiger partial charge in [0.2, 0.25) is 0 Å². The SMILES string of the molecule is CCSc1ccc(C(=O)Nc2nnc(-c3ccccc3OC)o2)cc1. The molecule has 0 fully saturated rings. The zero-order valence-electron chi connectivity index (χ0n) is 13.9. The van der Waals surface area contributed by atoms with Crippen LogP contribution in [-0.2, 0) is 0 Å². The third-order valence-corrected chi connectivity index (χ3v) is 4.30. The summed E-state index contributed by atoms with van der Waals surface area (Å²) in [5.41, 5.74) is 1.19. The molecule has 3 aromatic rings. The average Bonchev–Trinajstić information content (AvgIpc) is 3.11. The van der Waals surface area contributed by atoms with E-state index in [1.807, 2.05) is 30.3 Å². The molecule has 0 atom stereocenters. The van der Waals surface area contributed by atoms with Gasteiger partial charge in [-0.15, -0.1) is 16.9 Å². The van der Waals surface area contributed by atoms with Gasteiger partial charge in [0.25, 0.3) is 11.8 Å². The standard InChI is InChI=1S/C18H17N3O3S/c1-3-25-13-10-8-12(9-11-13)16(22)19-18-21-20-17(24-18)14-6-4-5-7-15(14)23-2/h4-11H,3H2,1-2H3,(H,19,21,22). The maximum atomic E-state index is 12.3. The van der Waals surface area contributed by atoms with Gasteiger partial charge in [0.15, 0.2) is 0 Å². The molecule has 1 N–H and O–H groups in total. The average molecular weight is 355 g/mol. The Labute approximate surface area is 149 Å². The lowest BCUT2D eigenvalue weighted by Gasteiger charge is -2.04. The highest BCUT2D eigenvalue weighted by Crippen LogP contribution is 2.29. The summed E-state index contributed by atoms with van der Waals surface area (Å²) in [6, 6.07) is 14.7. The normalized spacial score (nSPS) is 10.5. The van der Waals surface area contributed by atoms with Crippen molar-refractivity contribution in [3.05, 3.63) is 54.1 Å². The van der Waals surface area contributed by atoms with Crippen molar-refractivity contribution in [1.82, 2.24) is 10.2 Å². The molecule has 0 saturated heterocycles. The van der Waals surface area contributed by atoms with Gasteiger partial charge in [-0.25, -0.2) is 0 Å². The van der Waals surface area contributed by atoms with E-state index in [0.29, 0.717) is 16.9 Å². The lowest BCUT2D eigenvalue weighted by Crippen LogP contribution is -2.11. The molecule has 0 aliphatic carbocycles. The smallest absolute Gasteiger partial charge is 0.322 e. The Balaban J connectivity index is 1.73. The van der Waals surface area contributed by atoms with Crippen molar-refractivity contribution < 1.29 is 13.9 Å². The summed E-state index contributed by atoms with van der Waals surface area (Å²) < 4.78 is 10.8. The van der Waals surface area contributed by atoms with Gasteiger partial charge in [-0.3, -0.25) is 10.1 Å². The van der Waals surface area contributed by atoms with Crippen molar-refractivity contribution in [3.8, 4) is 17.2 Å². The fourth-order valence-corrected chi connectivity index (χ4v) is 2.90. The second-order valence-corrected chi connectivity index (χ2v) is 6.36. The van der Waals surface area contributed by atoms with Crippen molar-refractivity contribution in [2.24, 2.45) is 0 Å². The van der Waals surface area contributed by atoms with E-state index in [1.54, 1.807) is 37.1 Å². The third kappa shape index (κ3) is 4.00. The number of carbonyl (C=O) groups is 1. The fraction of sp³-hybridized carbons (Fsp3) is 0.167. The summed E-state index contributed by atoms with van der Waals surface area (Å²) >= 11 is 1.72. The second kappa shape index (κ2) is 7.85. The third-order valence-electron chi connectivity index (χ3n) is 3.41. The van der Waals surface area contributed by atoms with Gasteiger partial charge in [0, 0.05) is 10.5 Å². The van der Waals surface area contributed by atoms with Gasteiger partial charge in [0.05, 0.1) is 12.7 Å². The summed E-state index contributed by atoms with van der Waals surface area (Å²) in [7, 11) is 1.57. The topological polar surface area (TPSA) is 77.2 Å². The molecule has 1 heterocycles. The Hall–Kier alpha value is -2.80. The van der Waals surface area contributed by atoms with Crippen LogP contribution in [0.3, 0.4) is 0 Å². The highest BCUT2D eigenvalue weighted by molar-refractivity contribution is 7.99. The molecule has 0 radical (unpaired) electrons. The number of ether oxygens (including phenoxy) is 1. The number of hydrogen-bond acceptors (Lipinski definition) is 6. The van der Waals surface area contributed by atoms with Gasteiger partial charge in [-0.2, -0.15) is 0 Å². The molecule has 0 unspecified atom stereocenters. The monoisotopic (exact) mass is 355 g/mol. The summed E-state index contributed by atoms with van der Waals surface area (Å²) in [5.74, 6) is 1.58. The Morgan fingerprint density at radius 3 is 2.64 bits per heavy atom. The van der Waals surface area contributed by atoms with Crippen molar-refractivity contribution >= 4 is 23.7 Å². The van der Waals surface area contributed by atoms with Gasteiger partial charge in [-0.05, 0) is 42.2 Å². The van der Waals surface area contributed by atoms with E-state index in [4.69, 9.17) is 9.15 Å². The van der Waals surface area contributed by atoms with Crippen LogP contribution in [0.1, 0.15) is 17.3 Å². The Kier molecular flexibility index (Phi) is 5.35. The van der Waals surface area contributed by atoms with E-state index in [1.165, 1.54) is 0 Å². The molecule has 25 heavy (non-hydrogen) atoms. The predicted molar refractivity (Wildman–Crippen MR) is 97.1 cm³/mol. The highest BCUT2D eigenvalue weighted by atomic mass is 32.2. The number of para-hydroxylation sites is 1. The van der Waals surface area contributed by atoms with E-state index in [9.17, 15) is 4.79 Å². The molecule has 1 amide bonds. The molecular formula is C18H17N3O3S. The van der Waals surface area contributed by atoms with Crippen LogP contribution < -0.4 is 10.1 Å². The number of thioether (sulfide) groups is 1. The molecule has 128 valence electrons. The van der Waals surface area contributed by atoms with Crippen molar-refractivity contribution in [2.45, 2.75) is 11.8 Å². The fourth-order valence-electron chi connectivity index (χ4n) is 2.24. The maximum Gasteiger partial charge on any atom is 0.322 e. The summed E-state index contributed by atoms with van der Waals surface area (Å²) in [5, 5.41) is 10.4. The zero-order valence-corrected chi connectivity index (χ0v) is 14.7. The van der Waals surface area contributed by atoms with Crippen molar-refractivity contribution in [3.63, 3.8) is 0 Å². The van der Waals surface area contributed by atoms with Crippen LogP contribution in [0, 0.1) is 0 Å². The van der Waals surface area contributed by atoms with E-state index in [-0.39, 0.29) is 17.8 Å². The van der Waals surface area contributed by atoms with Crippen molar-refractivity contribution in [1.29, 1.82) is 0 Å². The molecule has 0 saturated carbocycles. The maximum absolute atomic E-state index is 12.3. The number of rotatable bonds is 6. The Morgan fingerprint density at radius 1 is 1.16 bits per heavy atom. The number of methoxy groups -OCH3 is 1. The number of carbonyl (C=O) groups excluding carboxylic acids is 1. The van der Waals surface area contributed by atoms with Crippen LogP contribution >= 0.6 is 11.8 Å². The van der Waals surface area contributed by atoms with Crippen LogP contribution in [-0.4, -0.2) is 29.0 Å². The lowest BCUT2D eigenvalue weighted by atomic mass is 10.2. The second-order valence-electron chi connectivity index (χ2n) is 5.02. The van der Waals surface area contributed by atoms with Crippen LogP contribution in [0.2, 0.25) is 0 Å². The van der Waals surface area contributed by atoms with Crippen molar-refractivity contribution in [2.75, 3.05) is 18.2 Å². The number of benzene rings is 2. The first-order valence-electron chi connectivity index (χ1n) is 7.72. The summed E-state index contributed by atoms with van der Waals surface area (Å²) in [4.78, 5) is 13.4. The molecule has 1 aromatic heterocycles. The first-order chi connectivity index (χ1) is 12.2. The Morgan fingerprint density at radius 2 is 1.92 bits per heavy atom. The number of anilines is 1. The van der Waals surface area contributed by atoms with Crippen LogP contribution in [0.5, 0.6) is 5.75 Å². The quantitative estimate of drug-likeness (QED) is 0.671. The molecule has 6 nitrogen and oxygen atoms in total. The summed E-state index contributed by atoms with van der Waals surface area (Å²) in [6.45, 7) is 2.08. The minimum absolute atomic E-state index is 0.0397. The molecule has 0 aliphatic heterocycles. The minimum atomic E-state index is -0.303. The minimum Gasteiger partial charge on any atom is -0.496 e. The zero-order chi connectivity index (χ0) is 17.6. The first kappa shape index (κ1) is 17.0. The number of hydrogen-bond donors (Lipinski definition) is 1. The van der Waals surface area contributed by atoms with E-state index in [2.05, 4.69) is 22.4 Å². The van der Waals surface area contributed by atoms with Gasteiger partial charge < -0.3 is 9.15 Å². The molecule has 0 spiro atoms. The van der Waals surface area contributed by atoms with Crippen LogP contribution in [0.15, 0.2) is 57.8 Å². The number of nitrogens with one attached hydrogen (secondary N) is 1. The van der Waals surface area contributed by atoms with E-state index in [0.717, 1.165) is 10.6 Å². The molecular weight excluding hydrogens is 338 g/mol. The van der Waals surface area contributed by atoms with Crippen LogP contribution in [0.4, 0.5) is 6.01 Å². The van der Waals surface area contributed by atoms with E-state index < -0.39 is 0 Å². The van der Waals surface area contributed by atoms with Gasteiger partial charge in [-0.1, -0.05) is 24.2 Å². The lowest BCUT2D eigenvalue weighted by molar-refractivity contribution is 0.102. The number of aromatic nitrogens is 2. The molecule has 7 heteroatoms. The van der Waals surface area contributed by atoms with Crippen LogP contribution in [0.25, 0.3) is 11.5 Å². The van der Waals surface area contributed by atoms with E-state index >= 15 is 0 Å². The number of amides is 1. The molecule has 0 bridgehead atoms. The predicted octanol–water partition coefficient (Wildman–Crippen LogP) is 4.11. The molecule has 0 aliphatic rings. The first-order valence-corrected chi connectivity index (χ1v) is 8.71. The van der Waals surface area contributed by atoms with Gasteiger partial charge in [0.1, 0.15) is 5.75 Å². The Bertz CT molecular complexity index is 862. The molecule has 2 aromatic carbocycles. The number of nitrogens with zero attached hydrogens (tertiary/aromatic N) is 2. The molecule has 3 rings (SSSR count). The largest absolute Gasteiger partial charge is 0.496 e. The highest BCUT2D eigenvalue weighted by Gasteiger charge is 2.15. The summed E-state index contributed by atoms with van der Waals surface area (Å²) in [6.07, 6.45) is 0. The van der Waals surface area contributed by atoms with Gasteiger partial charge >= 0.3 is 6.01 Å².